The van der Waals surface area contributed by atoms with Crippen LogP contribution in [0, 0.1) is 12.3 Å². The molecule has 0 aliphatic carbocycles. The molecule has 1 aromatic carbocycles. The number of hydrogen-bond acceptors (Lipinski definition) is 1. The topological polar surface area (TPSA) is 36.4 Å². The molecule has 0 saturated carbocycles. The average molecular weight is 236 g/mol. The van der Waals surface area contributed by atoms with E-state index in [1.165, 1.54) is 0 Å². The van der Waals surface area contributed by atoms with Crippen LogP contribution in [0.2, 0.25) is 5.02 Å². The van der Waals surface area contributed by atoms with Gasteiger partial charge in [0.1, 0.15) is 0 Å². The predicted molar refractivity (Wildman–Crippen MR) is 68.5 cm³/mol. The average Bonchev–Trinajstić information content (AvgIpc) is 2.32. The number of aliphatic imine (C=N–C) groups is 1. The molecule has 0 aromatic heterocycles. The van der Waals surface area contributed by atoms with Crippen LogP contribution in [0.4, 0.5) is 0 Å². The Morgan fingerprint density at radius 3 is 2.62 bits per heavy atom. The first kappa shape index (κ1) is 12.4. The number of hydrogen-bond donors (Lipinski definition) is 2. The van der Waals surface area contributed by atoms with Crippen LogP contribution in [-0.4, -0.2) is 19.6 Å². The molecule has 0 bridgehead atoms. The molecule has 0 spiro atoms. The Labute approximate surface area is 101 Å². The summed E-state index contributed by atoms with van der Waals surface area (Å²) < 4.78 is 0. The van der Waals surface area contributed by atoms with E-state index in [1.807, 2.05) is 24.3 Å². The van der Waals surface area contributed by atoms with Crippen LogP contribution in [0.15, 0.2) is 29.3 Å². The maximum atomic E-state index is 5.79. The summed E-state index contributed by atoms with van der Waals surface area (Å²) >= 11 is 5.79. The maximum Gasteiger partial charge on any atom is 0.192 e. The first-order valence-electron chi connectivity index (χ1n) is 4.88. The quantitative estimate of drug-likeness (QED) is 0.475. The van der Waals surface area contributed by atoms with Crippen molar-refractivity contribution in [2.24, 2.45) is 4.99 Å². The second-order valence-electron chi connectivity index (χ2n) is 3.11. The molecule has 0 amide bonds. The SMILES string of the molecule is C#CCNC(=NC)NCc1ccc(Cl)cc1. The van der Waals surface area contributed by atoms with Gasteiger partial charge in [-0.2, -0.15) is 0 Å². The molecule has 0 radical (unpaired) electrons. The third-order valence-corrected chi connectivity index (χ3v) is 2.21. The molecule has 1 aromatic rings. The zero-order chi connectivity index (χ0) is 11.8. The molecular formula is C12H14ClN3. The maximum absolute atomic E-state index is 5.79. The molecule has 0 aliphatic heterocycles. The summed E-state index contributed by atoms with van der Waals surface area (Å²) in [6.45, 7) is 1.14. The van der Waals surface area contributed by atoms with E-state index in [9.17, 15) is 0 Å². The van der Waals surface area contributed by atoms with Crippen LogP contribution >= 0.6 is 11.6 Å². The predicted octanol–water partition coefficient (Wildman–Crippen LogP) is 1.64. The lowest BCUT2D eigenvalue weighted by Crippen LogP contribution is -2.36. The Morgan fingerprint density at radius 2 is 2.06 bits per heavy atom. The summed E-state index contributed by atoms with van der Waals surface area (Å²) in [5, 5.41) is 6.85. The number of benzene rings is 1. The molecule has 0 aliphatic rings. The lowest BCUT2D eigenvalue weighted by Gasteiger charge is -2.09. The first-order valence-corrected chi connectivity index (χ1v) is 5.26. The molecule has 1 rings (SSSR count). The molecule has 4 heteroatoms. The highest BCUT2D eigenvalue weighted by Crippen LogP contribution is 2.08. The zero-order valence-electron chi connectivity index (χ0n) is 9.13. The largest absolute Gasteiger partial charge is 0.352 e. The van der Waals surface area contributed by atoms with Gasteiger partial charge in [-0.25, -0.2) is 0 Å². The monoisotopic (exact) mass is 235 g/mol. The minimum atomic E-state index is 0.459. The second kappa shape index (κ2) is 6.76. The summed E-state index contributed by atoms with van der Waals surface area (Å²) in [7, 11) is 1.70. The van der Waals surface area contributed by atoms with Crippen molar-refractivity contribution in [1.82, 2.24) is 10.6 Å². The second-order valence-corrected chi connectivity index (χ2v) is 3.55. The summed E-state index contributed by atoms with van der Waals surface area (Å²) in [5.41, 5.74) is 1.13. The van der Waals surface area contributed by atoms with Crippen LogP contribution in [0.5, 0.6) is 0 Å². The van der Waals surface area contributed by atoms with E-state index in [0.29, 0.717) is 19.0 Å². The van der Waals surface area contributed by atoms with Crippen molar-refractivity contribution in [1.29, 1.82) is 0 Å². The third kappa shape index (κ3) is 4.24. The van der Waals surface area contributed by atoms with E-state index in [1.54, 1.807) is 7.05 Å². The minimum Gasteiger partial charge on any atom is -0.352 e. The lowest BCUT2D eigenvalue weighted by molar-refractivity contribution is 0.851. The fraction of sp³-hybridized carbons (Fsp3) is 0.250. The molecule has 0 heterocycles. The number of terminal acetylenes is 1. The van der Waals surface area contributed by atoms with E-state index in [0.717, 1.165) is 10.6 Å². The number of guanidine groups is 1. The number of nitrogens with one attached hydrogen (secondary N) is 2. The summed E-state index contributed by atoms with van der Waals surface area (Å²) in [6.07, 6.45) is 5.15. The van der Waals surface area contributed by atoms with Crippen molar-refractivity contribution in [2.45, 2.75) is 6.54 Å². The Balaban J connectivity index is 2.44. The van der Waals surface area contributed by atoms with Gasteiger partial charge in [0.25, 0.3) is 0 Å². The van der Waals surface area contributed by atoms with Gasteiger partial charge in [0.2, 0.25) is 0 Å². The van der Waals surface area contributed by atoms with Crippen LogP contribution in [0.1, 0.15) is 5.56 Å². The Hall–Kier alpha value is -1.66. The molecule has 0 atom stereocenters. The third-order valence-electron chi connectivity index (χ3n) is 1.95. The smallest absolute Gasteiger partial charge is 0.192 e. The fourth-order valence-corrected chi connectivity index (χ4v) is 1.27. The summed E-state index contributed by atoms with van der Waals surface area (Å²) in [6, 6.07) is 7.64. The van der Waals surface area contributed by atoms with Gasteiger partial charge in [0.05, 0.1) is 6.54 Å². The highest BCUT2D eigenvalue weighted by molar-refractivity contribution is 6.30. The van der Waals surface area contributed by atoms with Crippen molar-refractivity contribution < 1.29 is 0 Å². The van der Waals surface area contributed by atoms with E-state index in [-0.39, 0.29) is 0 Å². The lowest BCUT2D eigenvalue weighted by atomic mass is 10.2. The molecule has 0 saturated heterocycles. The number of halogens is 1. The molecule has 3 nitrogen and oxygen atoms in total. The Morgan fingerprint density at radius 1 is 1.38 bits per heavy atom. The minimum absolute atomic E-state index is 0.459. The number of nitrogens with zero attached hydrogens (tertiary/aromatic N) is 1. The van der Waals surface area contributed by atoms with Crippen LogP contribution in [0.3, 0.4) is 0 Å². The standard InChI is InChI=1S/C12H14ClN3/c1-3-8-15-12(14-2)16-9-10-4-6-11(13)7-5-10/h1,4-7H,8-9H2,2H3,(H2,14,15,16). The summed E-state index contributed by atoms with van der Waals surface area (Å²) in [4.78, 5) is 4.03. The van der Waals surface area contributed by atoms with Crippen LogP contribution in [0.25, 0.3) is 0 Å². The van der Waals surface area contributed by atoms with Gasteiger partial charge < -0.3 is 10.6 Å². The van der Waals surface area contributed by atoms with E-state index < -0.39 is 0 Å². The molecule has 0 fully saturated rings. The van der Waals surface area contributed by atoms with Gasteiger partial charge in [-0.15, -0.1) is 6.42 Å². The van der Waals surface area contributed by atoms with Gasteiger partial charge in [0, 0.05) is 18.6 Å². The molecular weight excluding hydrogens is 222 g/mol. The highest BCUT2D eigenvalue weighted by Gasteiger charge is 1.96. The summed E-state index contributed by atoms with van der Waals surface area (Å²) in [5.74, 6) is 3.18. The van der Waals surface area contributed by atoms with Gasteiger partial charge >= 0.3 is 0 Å². The Bertz CT molecular complexity index is 390. The first-order chi connectivity index (χ1) is 7.76. The normalized spacial score (nSPS) is 10.7. The zero-order valence-corrected chi connectivity index (χ0v) is 9.88. The van der Waals surface area contributed by atoms with Crippen molar-refractivity contribution >= 4 is 17.6 Å². The van der Waals surface area contributed by atoms with Gasteiger partial charge in [-0.1, -0.05) is 29.7 Å². The van der Waals surface area contributed by atoms with E-state index in [4.69, 9.17) is 18.0 Å². The van der Waals surface area contributed by atoms with Crippen molar-refractivity contribution in [3.63, 3.8) is 0 Å². The number of rotatable bonds is 3. The fourth-order valence-electron chi connectivity index (χ4n) is 1.14. The molecule has 0 unspecified atom stereocenters. The molecule has 84 valence electrons. The van der Waals surface area contributed by atoms with Crippen molar-refractivity contribution in [2.75, 3.05) is 13.6 Å². The highest BCUT2D eigenvalue weighted by atomic mass is 35.5. The van der Waals surface area contributed by atoms with Crippen LogP contribution in [-0.2, 0) is 6.54 Å². The van der Waals surface area contributed by atoms with Crippen LogP contribution < -0.4 is 10.6 Å². The molecule has 2 N–H and O–H groups in total. The van der Waals surface area contributed by atoms with Gasteiger partial charge in [0.15, 0.2) is 5.96 Å². The van der Waals surface area contributed by atoms with Gasteiger partial charge in [-0.05, 0) is 17.7 Å². The van der Waals surface area contributed by atoms with Crippen molar-refractivity contribution in [3.05, 3.63) is 34.9 Å². The van der Waals surface area contributed by atoms with E-state index >= 15 is 0 Å². The van der Waals surface area contributed by atoms with Crippen molar-refractivity contribution in [3.8, 4) is 12.3 Å². The Kier molecular flexibility index (Phi) is 5.24. The van der Waals surface area contributed by atoms with Gasteiger partial charge in [-0.3, -0.25) is 4.99 Å². The molecule has 16 heavy (non-hydrogen) atoms. The van der Waals surface area contributed by atoms with E-state index in [2.05, 4.69) is 21.5 Å².